The van der Waals surface area contributed by atoms with Crippen LogP contribution < -0.4 is 20.3 Å². The predicted octanol–water partition coefficient (Wildman–Crippen LogP) is 3.23. The molecular weight excluding hydrogens is 447 g/mol. The molecule has 26 heavy (non-hydrogen) atoms. The first kappa shape index (κ1) is 20.0. The molecule has 0 saturated heterocycles. The zero-order valence-electron chi connectivity index (χ0n) is 14.8. The first-order valence-electron chi connectivity index (χ1n) is 8.11. The molecule has 0 spiro atoms. The van der Waals surface area contributed by atoms with Crippen LogP contribution in [0.2, 0.25) is 0 Å². The van der Waals surface area contributed by atoms with Gasteiger partial charge < -0.3 is 9.47 Å². The molecule has 2 aromatic rings. The van der Waals surface area contributed by atoms with Crippen molar-refractivity contribution in [2.75, 3.05) is 7.11 Å². The van der Waals surface area contributed by atoms with Gasteiger partial charge in [0.05, 0.1) is 10.7 Å². The number of hydrogen-bond acceptors (Lipinski definition) is 4. The van der Waals surface area contributed by atoms with Crippen LogP contribution in [0.5, 0.6) is 11.5 Å². The molecule has 138 valence electrons. The van der Waals surface area contributed by atoms with Crippen molar-refractivity contribution >= 4 is 34.4 Å². The lowest BCUT2D eigenvalue weighted by atomic mass is 10.2. The van der Waals surface area contributed by atoms with Gasteiger partial charge in [0, 0.05) is 5.56 Å². The third kappa shape index (κ3) is 5.35. The molecule has 0 heterocycles. The van der Waals surface area contributed by atoms with E-state index < -0.39 is 17.9 Å². The van der Waals surface area contributed by atoms with E-state index in [2.05, 4.69) is 33.4 Å². The Morgan fingerprint density at radius 1 is 1.15 bits per heavy atom. The average molecular weight is 468 g/mol. The summed E-state index contributed by atoms with van der Waals surface area (Å²) in [6.45, 7) is 3.79. The van der Waals surface area contributed by atoms with E-state index in [1.165, 1.54) is 0 Å². The third-order valence-electron chi connectivity index (χ3n) is 3.64. The molecule has 0 aliphatic heterocycles. The molecule has 0 aliphatic carbocycles. The SMILES string of the molecule is CCC(Oc1cccc(C)c1)C(=O)NNC(=O)c1ccc(OC)c(I)c1. The molecule has 6 nitrogen and oxygen atoms in total. The zero-order valence-corrected chi connectivity index (χ0v) is 17.0. The first-order chi connectivity index (χ1) is 12.4. The summed E-state index contributed by atoms with van der Waals surface area (Å²) in [5.41, 5.74) is 6.29. The molecule has 2 aromatic carbocycles. The van der Waals surface area contributed by atoms with E-state index in [4.69, 9.17) is 9.47 Å². The van der Waals surface area contributed by atoms with Gasteiger partial charge in [-0.05, 0) is 71.8 Å². The van der Waals surface area contributed by atoms with Crippen LogP contribution in [0.3, 0.4) is 0 Å². The summed E-state index contributed by atoms with van der Waals surface area (Å²) in [4.78, 5) is 24.5. The summed E-state index contributed by atoms with van der Waals surface area (Å²) >= 11 is 2.08. The topological polar surface area (TPSA) is 76.7 Å². The van der Waals surface area contributed by atoms with E-state index >= 15 is 0 Å². The van der Waals surface area contributed by atoms with Crippen molar-refractivity contribution in [2.45, 2.75) is 26.4 Å². The smallest absolute Gasteiger partial charge is 0.279 e. The Balaban J connectivity index is 1.95. The summed E-state index contributed by atoms with van der Waals surface area (Å²) in [5, 5.41) is 0. The standard InChI is InChI=1S/C19H21IN2O4/c1-4-16(26-14-7-5-6-12(2)10-14)19(24)22-21-18(23)13-8-9-17(25-3)15(20)11-13/h5-11,16H,4H2,1-3H3,(H,21,23)(H,22,24). The average Bonchev–Trinajstić information content (AvgIpc) is 2.63. The van der Waals surface area contributed by atoms with Crippen LogP contribution in [0.1, 0.15) is 29.3 Å². The van der Waals surface area contributed by atoms with Gasteiger partial charge in [-0.1, -0.05) is 19.1 Å². The second-order valence-corrected chi connectivity index (χ2v) is 6.79. The Morgan fingerprint density at radius 2 is 1.92 bits per heavy atom. The summed E-state index contributed by atoms with van der Waals surface area (Å²) in [5.74, 6) is 0.474. The van der Waals surface area contributed by atoms with Gasteiger partial charge in [-0.15, -0.1) is 0 Å². The second-order valence-electron chi connectivity index (χ2n) is 5.62. The lowest BCUT2D eigenvalue weighted by molar-refractivity contribution is -0.128. The molecular formula is C19H21IN2O4. The van der Waals surface area contributed by atoms with Gasteiger partial charge in [-0.3, -0.25) is 20.4 Å². The molecule has 1 atom stereocenters. The number of aryl methyl sites for hydroxylation is 1. The molecule has 2 amide bonds. The highest BCUT2D eigenvalue weighted by molar-refractivity contribution is 14.1. The quantitative estimate of drug-likeness (QED) is 0.505. The molecule has 0 saturated carbocycles. The van der Waals surface area contributed by atoms with Gasteiger partial charge in [-0.25, -0.2) is 0 Å². The fraction of sp³-hybridized carbons (Fsp3) is 0.263. The number of carbonyl (C=O) groups is 2. The van der Waals surface area contributed by atoms with Gasteiger partial charge >= 0.3 is 0 Å². The van der Waals surface area contributed by atoms with Crippen molar-refractivity contribution in [3.8, 4) is 11.5 Å². The number of nitrogens with one attached hydrogen (secondary N) is 2. The Morgan fingerprint density at radius 3 is 2.54 bits per heavy atom. The maximum atomic E-state index is 12.3. The molecule has 0 fully saturated rings. The van der Waals surface area contributed by atoms with Gasteiger partial charge in [0.25, 0.3) is 11.8 Å². The number of ether oxygens (including phenoxy) is 2. The Labute approximate surface area is 166 Å². The summed E-state index contributed by atoms with van der Waals surface area (Å²) in [7, 11) is 1.57. The Hall–Kier alpha value is -2.29. The van der Waals surface area contributed by atoms with Crippen LogP contribution in [-0.4, -0.2) is 25.0 Å². The van der Waals surface area contributed by atoms with Crippen LogP contribution in [0.25, 0.3) is 0 Å². The van der Waals surface area contributed by atoms with Gasteiger partial charge in [0.15, 0.2) is 6.10 Å². The van der Waals surface area contributed by atoms with Gasteiger partial charge in [0.2, 0.25) is 0 Å². The highest BCUT2D eigenvalue weighted by atomic mass is 127. The number of methoxy groups -OCH3 is 1. The number of amides is 2. The summed E-state index contributed by atoms with van der Waals surface area (Å²) < 4.78 is 11.7. The first-order valence-corrected chi connectivity index (χ1v) is 9.19. The Kier molecular flexibility index (Phi) is 7.26. The molecule has 1 unspecified atom stereocenters. The number of halogens is 1. The number of benzene rings is 2. The van der Waals surface area contributed by atoms with E-state index in [0.717, 1.165) is 9.13 Å². The lowest BCUT2D eigenvalue weighted by Gasteiger charge is -2.18. The van der Waals surface area contributed by atoms with E-state index in [9.17, 15) is 9.59 Å². The number of rotatable bonds is 6. The minimum atomic E-state index is -0.701. The molecule has 0 bridgehead atoms. The number of carbonyl (C=O) groups excluding carboxylic acids is 2. The van der Waals surface area contributed by atoms with E-state index in [0.29, 0.717) is 23.5 Å². The summed E-state index contributed by atoms with van der Waals surface area (Å²) in [6, 6.07) is 12.5. The van der Waals surface area contributed by atoms with E-state index in [1.54, 1.807) is 31.4 Å². The minimum absolute atomic E-state index is 0.412. The molecule has 0 radical (unpaired) electrons. The number of hydrazine groups is 1. The van der Waals surface area contributed by atoms with Crippen LogP contribution in [0, 0.1) is 10.5 Å². The monoisotopic (exact) mass is 468 g/mol. The maximum absolute atomic E-state index is 12.3. The van der Waals surface area contributed by atoms with Crippen molar-refractivity contribution in [3.63, 3.8) is 0 Å². The van der Waals surface area contributed by atoms with Gasteiger partial charge in [0.1, 0.15) is 11.5 Å². The Bertz CT molecular complexity index is 795. The zero-order chi connectivity index (χ0) is 19.1. The summed E-state index contributed by atoms with van der Waals surface area (Å²) in [6.07, 6.45) is -0.232. The van der Waals surface area contributed by atoms with E-state index in [1.807, 2.05) is 32.0 Å². The highest BCUT2D eigenvalue weighted by Gasteiger charge is 2.19. The highest BCUT2D eigenvalue weighted by Crippen LogP contribution is 2.21. The van der Waals surface area contributed by atoms with Crippen LogP contribution in [0.15, 0.2) is 42.5 Å². The maximum Gasteiger partial charge on any atom is 0.279 e. The van der Waals surface area contributed by atoms with Crippen molar-refractivity contribution in [2.24, 2.45) is 0 Å². The number of hydrogen-bond donors (Lipinski definition) is 2. The fourth-order valence-corrected chi connectivity index (χ4v) is 2.99. The lowest BCUT2D eigenvalue weighted by Crippen LogP contribution is -2.48. The molecule has 0 aliphatic rings. The molecule has 2 N–H and O–H groups in total. The second kappa shape index (κ2) is 9.42. The molecule has 7 heteroatoms. The fourth-order valence-electron chi connectivity index (χ4n) is 2.25. The van der Waals surface area contributed by atoms with Crippen molar-refractivity contribution in [3.05, 3.63) is 57.2 Å². The van der Waals surface area contributed by atoms with Gasteiger partial charge in [-0.2, -0.15) is 0 Å². The van der Waals surface area contributed by atoms with E-state index in [-0.39, 0.29) is 0 Å². The van der Waals surface area contributed by atoms with Crippen molar-refractivity contribution < 1.29 is 19.1 Å². The minimum Gasteiger partial charge on any atom is -0.496 e. The third-order valence-corrected chi connectivity index (χ3v) is 4.49. The van der Waals surface area contributed by atoms with Crippen molar-refractivity contribution in [1.29, 1.82) is 0 Å². The predicted molar refractivity (Wildman–Crippen MR) is 107 cm³/mol. The van der Waals surface area contributed by atoms with Crippen LogP contribution in [0.4, 0.5) is 0 Å². The molecule has 2 rings (SSSR count). The molecule has 0 aromatic heterocycles. The normalized spacial score (nSPS) is 11.4. The van der Waals surface area contributed by atoms with Crippen molar-refractivity contribution in [1.82, 2.24) is 10.9 Å². The van der Waals surface area contributed by atoms with Crippen LogP contribution in [-0.2, 0) is 4.79 Å². The largest absolute Gasteiger partial charge is 0.496 e. The van der Waals surface area contributed by atoms with Crippen LogP contribution >= 0.6 is 22.6 Å².